The zero-order valence-electron chi connectivity index (χ0n) is 15.3. The van der Waals surface area contributed by atoms with Crippen molar-refractivity contribution in [2.45, 2.75) is 41.5 Å². The molecule has 0 unspecified atom stereocenters. The topological polar surface area (TPSA) is 41.4 Å². The van der Waals surface area contributed by atoms with Gasteiger partial charge in [0.25, 0.3) is 0 Å². The van der Waals surface area contributed by atoms with E-state index < -0.39 is 0 Å². The second-order valence-electron chi connectivity index (χ2n) is 6.14. The maximum Gasteiger partial charge on any atom is 0.186 e. The van der Waals surface area contributed by atoms with Crippen LogP contribution in [0, 0.1) is 34.6 Å². The molecule has 0 amide bonds. The SMILES string of the molecule is CCNC(=S)NN=Cc1cc(C)n(-c2c(C)cc(C)cc2C)c1C. The summed E-state index contributed by atoms with van der Waals surface area (Å²) in [6, 6.07) is 6.60. The number of rotatable bonds is 4. The van der Waals surface area contributed by atoms with Crippen molar-refractivity contribution in [1.29, 1.82) is 0 Å². The van der Waals surface area contributed by atoms with Gasteiger partial charge in [0.05, 0.1) is 11.9 Å². The van der Waals surface area contributed by atoms with E-state index in [4.69, 9.17) is 12.2 Å². The van der Waals surface area contributed by atoms with Crippen LogP contribution in [0.3, 0.4) is 0 Å². The van der Waals surface area contributed by atoms with Crippen LogP contribution in [-0.4, -0.2) is 22.4 Å². The highest BCUT2D eigenvalue weighted by molar-refractivity contribution is 7.80. The third-order valence-corrected chi connectivity index (χ3v) is 4.27. The van der Waals surface area contributed by atoms with Crippen LogP contribution in [0.2, 0.25) is 0 Å². The number of hydrogen-bond acceptors (Lipinski definition) is 2. The highest BCUT2D eigenvalue weighted by Gasteiger charge is 2.13. The van der Waals surface area contributed by atoms with Gasteiger partial charge in [-0.1, -0.05) is 17.7 Å². The highest BCUT2D eigenvalue weighted by Crippen LogP contribution is 2.26. The van der Waals surface area contributed by atoms with Crippen LogP contribution in [0.1, 0.15) is 40.6 Å². The van der Waals surface area contributed by atoms with Gasteiger partial charge in [-0.3, -0.25) is 5.43 Å². The Labute approximate surface area is 150 Å². The highest BCUT2D eigenvalue weighted by atomic mass is 32.1. The molecule has 2 aromatic rings. The van der Waals surface area contributed by atoms with Crippen LogP contribution in [0.4, 0.5) is 0 Å². The molecule has 2 rings (SSSR count). The molecule has 128 valence electrons. The quantitative estimate of drug-likeness (QED) is 0.504. The van der Waals surface area contributed by atoms with E-state index in [1.165, 1.54) is 33.8 Å². The zero-order chi connectivity index (χ0) is 17.9. The summed E-state index contributed by atoms with van der Waals surface area (Å²) in [4.78, 5) is 0. The number of hydrogen-bond donors (Lipinski definition) is 2. The first kappa shape index (κ1) is 18.2. The lowest BCUT2D eigenvalue weighted by atomic mass is 10.0. The van der Waals surface area contributed by atoms with Gasteiger partial charge in [-0.25, -0.2) is 0 Å². The second kappa shape index (κ2) is 7.62. The minimum absolute atomic E-state index is 0.535. The first-order valence-corrected chi connectivity index (χ1v) is 8.60. The van der Waals surface area contributed by atoms with E-state index in [2.05, 4.69) is 73.2 Å². The lowest BCUT2D eigenvalue weighted by Gasteiger charge is -2.16. The Hall–Kier alpha value is -2.14. The van der Waals surface area contributed by atoms with Gasteiger partial charge in [0.15, 0.2) is 5.11 Å². The standard InChI is InChI=1S/C19H26N4S/c1-7-20-19(24)22-21-11-17-10-15(5)23(16(17)6)18-13(3)8-12(2)9-14(18)4/h8-11H,7H2,1-6H3,(H2,20,22,24). The summed E-state index contributed by atoms with van der Waals surface area (Å²) in [5.41, 5.74) is 11.4. The Kier molecular flexibility index (Phi) is 5.78. The number of aromatic nitrogens is 1. The van der Waals surface area contributed by atoms with Gasteiger partial charge in [-0.15, -0.1) is 0 Å². The van der Waals surface area contributed by atoms with Crippen LogP contribution >= 0.6 is 12.2 Å². The molecule has 0 spiro atoms. The number of nitrogens with one attached hydrogen (secondary N) is 2. The van der Waals surface area contributed by atoms with Crippen molar-refractivity contribution >= 4 is 23.5 Å². The van der Waals surface area contributed by atoms with Gasteiger partial charge in [0.2, 0.25) is 0 Å². The zero-order valence-corrected chi connectivity index (χ0v) is 16.1. The summed E-state index contributed by atoms with van der Waals surface area (Å²) in [6.07, 6.45) is 1.82. The van der Waals surface area contributed by atoms with Gasteiger partial charge in [-0.05, 0) is 71.0 Å². The van der Waals surface area contributed by atoms with Crippen LogP contribution < -0.4 is 10.7 Å². The molecule has 0 bridgehead atoms. The number of benzene rings is 1. The fourth-order valence-corrected chi connectivity index (χ4v) is 3.35. The van der Waals surface area contributed by atoms with E-state index >= 15 is 0 Å². The predicted octanol–water partition coefficient (Wildman–Crippen LogP) is 3.84. The Bertz CT molecular complexity index is 764. The third kappa shape index (κ3) is 3.85. The van der Waals surface area contributed by atoms with Crippen molar-refractivity contribution in [2.75, 3.05) is 6.54 Å². The maximum atomic E-state index is 5.11. The van der Waals surface area contributed by atoms with E-state index in [9.17, 15) is 0 Å². The van der Waals surface area contributed by atoms with Crippen molar-refractivity contribution in [3.8, 4) is 5.69 Å². The average Bonchev–Trinajstić information content (AvgIpc) is 2.74. The fourth-order valence-electron chi connectivity index (χ4n) is 3.15. The second-order valence-corrected chi connectivity index (χ2v) is 6.55. The molecule has 1 aromatic carbocycles. The van der Waals surface area contributed by atoms with Crippen molar-refractivity contribution < 1.29 is 0 Å². The minimum Gasteiger partial charge on any atom is -0.362 e. The summed E-state index contributed by atoms with van der Waals surface area (Å²) in [6.45, 7) is 13.5. The first-order chi connectivity index (χ1) is 11.3. The van der Waals surface area contributed by atoms with E-state index in [-0.39, 0.29) is 0 Å². The lowest BCUT2D eigenvalue weighted by molar-refractivity contribution is 0.903. The first-order valence-electron chi connectivity index (χ1n) is 8.19. The van der Waals surface area contributed by atoms with Crippen molar-refractivity contribution in [3.63, 3.8) is 0 Å². The van der Waals surface area contributed by atoms with Gasteiger partial charge >= 0.3 is 0 Å². The number of nitrogens with zero attached hydrogens (tertiary/aromatic N) is 2. The molecule has 4 nitrogen and oxygen atoms in total. The van der Waals surface area contributed by atoms with E-state index in [0.717, 1.165) is 12.1 Å². The van der Waals surface area contributed by atoms with Crippen molar-refractivity contribution in [2.24, 2.45) is 5.10 Å². The monoisotopic (exact) mass is 342 g/mol. The molecule has 0 saturated heterocycles. The minimum atomic E-state index is 0.535. The summed E-state index contributed by atoms with van der Waals surface area (Å²) in [7, 11) is 0. The Morgan fingerprint density at radius 2 is 1.75 bits per heavy atom. The molecule has 24 heavy (non-hydrogen) atoms. The molecule has 0 aliphatic heterocycles. The number of thiocarbonyl (C=S) groups is 1. The molecule has 0 saturated carbocycles. The van der Waals surface area contributed by atoms with Crippen LogP contribution in [0.5, 0.6) is 0 Å². The average molecular weight is 343 g/mol. The van der Waals surface area contributed by atoms with Gasteiger partial charge < -0.3 is 9.88 Å². The van der Waals surface area contributed by atoms with Gasteiger partial charge in [0.1, 0.15) is 0 Å². The van der Waals surface area contributed by atoms with E-state index in [0.29, 0.717) is 5.11 Å². The van der Waals surface area contributed by atoms with Crippen molar-refractivity contribution in [3.05, 3.63) is 51.8 Å². The molecule has 0 atom stereocenters. The molecule has 5 heteroatoms. The fraction of sp³-hybridized carbons (Fsp3) is 0.368. The maximum absolute atomic E-state index is 5.11. The Balaban J connectivity index is 2.37. The Morgan fingerprint density at radius 1 is 1.12 bits per heavy atom. The number of aryl methyl sites for hydroxylation is 4. The summed E-state index contributed by atoms with van der Waals surface area (Å²) in [5, 5.41) is 7.78. The van der Waals surface area contributed by atoms with Crippen LogP contribution in [-0.2, 0) is 0 Å². The predicted molar refractivity (Wildman–Crippen MR) is 106 cm³/mol. The molecule has 1 aromatic heterocycles. The summed E-state index contributed by atoms with van der Waals surface area (Å²) in [5.74, 6) is 0. The largest absolute Gasteiger partial charge is 0.362 e. The summed E-state index contributed by atoms with van der Waals surface area (Å²) < 4.78 is 2.30. The Morgan fingerprint density at radius 3 is 2.33 bits per heavy atom. The van der Waals surface area contributed by atoms with Gasteiger partial charge in [-0.2, -0.15) is 5.10 Å². The molecular formula is C19H26N4S. The summed E-state index contributed by atoms with van der Waals surface area (Å²) >= 11 is 5.11. The normalized spacial score (nSPS) is 11.1. The molecule has 1 heterocycles. The van der Waals surface area contributed by atoms with Crippen molar-refractivity contribution in [1.82, 2.24) is 15.3 Å². The van der Waals surface area contributed by atoms with Gasteiger partial charge in [0, 0.05) is 23.5 Å². The van der Waals surface area contributed by atoms with E-state index in [1.54, 1.807) is 0 Å². The molecule has 0 fully saturated rings. The van der Waals surface area contributed by atoms with Crippen LogP contribution in [0.15, 0.2) is 23.3 Å². The number of hydrazone groups is 1. The lowest BCUT2D eigenvalue weighted by Crippen LogP contribution is -2.31. The molecular weight excluding hydrogens is 316 g/mol. The smallest absolute Gasteiger partial charge is 0.186 e. The third-order valence-electron chi connectivity index (χ3n) is 4.04. The molecule has 0 aliphatic rings. The molecule has 0 aliphatic carbocycles. The van der Waals surface area contributed by atoms with Crippen LogP contribution in [0.25, 0.3) is 5.69 Å². The van der Waals surface area contributed by atoms with E-state index in [1.807, 2.05) is 13.1 Å². The molecule has 2 N–H and O–H groups in total. The molecule has 0 radical (unpaired) electrons.